The maximum Gasteiger partial charge on any atom is 0.751 e. The van der Waals surface area contributed by atoms with Crippen molar-refractivity contribution in [1.82, 2.24) is 0 Å². The number of hydrogen-bond acceptors (Lipinski definition) is 5. The van der Waals surface area contributed by atoms with Crippen molar-refractivity contribution in [2.75, 3.05) is 19.8 Å². The van der Waals surface area contributed by atoms with Gasteiger partial charge in [-0.1, -0.05) is 48.1 Å². The van der Waals surface area contributed by atoms with Crippen LogP contribution in [0.5, 0.6) is 0 Å². The molecule has 0 saturated carbocycles. The Bertz CT molecular complexity index is 355. The molecule has 0 aromatic heterocycles. The SMILES string of the molecule is C=CC(=O)O[Si](OCCCC(C)C)(OCCCC(C)C)OCCCC(C)C. The minimum absolute atomic E-state index is 0.461. The molecule has 0 aliphatic heterocycles. The molecular formula is C21H42O5Si. The van der Waals surface area contributed by atoms with E-state index in [1.165, 1.54) is 0 Å². The fraction of sp³-hybridized carbons (Fsp3) is 0.857. The van der Waals surface area contributed by atoms with Gasteiger partial charge in [0.05, 0.1) is 0 Å². The highest BCUT2D eigenvalue weighted by Gasteiger charge is 2.49. The molecule has 0 bridgehead atoms. The fourth-order valence-corrected chi connectivity index (χ4v) is 4.38. The second kappa shape index (κ2) is 15.3. The second-order valence-electron chi connectivity index (χ2n) is 8.28. The van der Waals surface area contributed by atoms with Gasteiger partial charge < -0.3 is 17.7 Å². The normalized spacial score (nSPS) is 12.2. The lowest BCUT2D eigenvalue weighted by atomic mass is 10.1. The highest BCUT2D eigenvalue weighted by molar-refractivity contribution is 6.55. The van der Waals surface area contributed by atoms with Crippen LogP contribution in [-0.2, 0) is 22.5 Å². The number of rotatable bonds is 17. The summed E-state index contributed by atoms with van der Waals surface area (Å²) in [5.41, 5.74) is 0. The minimum atomic E-state index is -3.52. The lowest BCUT2D eigenvalue weighted by Crippen LogP contribution is -2.51. The molecule has 0 amide bonds. The topological polar surface area (TPSA) is 54.0 Å². The van der Waals surface area contributed by atoms with E-state index in [0.29, 0.717) is 37.6 Å². The molecule has 0 radical (unpaired) electrons. The maximum absolute atomic E-state index is 11.9. The zero-order chi connectivity index (χ0) is 20.7. The van der Waals surface area contributed by atoms with Gasteiger partial charge in [-0.2, -0.15) is 0 Å². The van der Waals surface area contributed by atoms with Crippen LogP contribution in [0.4, 0.5) is 0 Å². The molecule has 0 atom stereocenters. The van der Waals surface area contributed by atoms with Crippen LogP contribution in [0.3, 0.4) is 0 Å². The van der Waals surface area contributed by atoms with E-state index in [2.05, 4.69) is 48.1 Å². The van der Waals surface area contributed by atoms with Crippen LogP contribution >= 0.6 is 0 Å². The molecule has 0 unspecified atom stereocenters. The van der Waals surface area contributed by atoms with E-state index < -0.39 is 15.0 Å². The van der Waals surface area contributed by atoms with Crippen molar-refractivity contribution in [3.05, 3.63) is 12.7 Å². The summed E-state index contributed by atoms with van der Waals surface area (Å²) in [6.45, 7) is 17.9. The predicted octanol–water partition coefficient (Wildman–Crippen LogP) is 5.51. The predicted molar refractivity (Wildman–Crippen MR) is 112 cm³/mol. The zero-order valence-corrected chi connectivity index (χ0v) is 19.4. The Hall–Kier alpha value is -0.693. The van der Waals surface area contributed by atoms with E-state index in [1.807, 2.05) is 0 Å². The quantitative estimate of drug-likeness (QED) is 0.182. The van der Waals surface area contributed by atoms with E-state index in [9.17, 15) is 4.79 Å². The van der Waals surface area contributed by atoms with Crippen molar-refractivity contribution in [3.8, 4) is 0 Å². The molecule has 160 valence electrons. The lowest BCUT2D eigenvalue weighted by Gasteiger charge is -2.27. The van der Waals surface area contributed by atoms with Crippen LogP contribution in [0.1, 0.15) is 80.1 Å². The van der Waals surface area contributed by atoms with Crippen molar-refractivity contribution in [1.29, 1.82) is 0 Å². The average molecular weight is 403 g/mol. The first-order valence-electron chi connectivity index (χ1n) is 10.5. The molecule has 0 aliphatic carbocycles. The van der Waals surface area contributed by atoms with Crippen LogP contribution < -0.4 is 0 Å². The highest BCUT2D eigenvalue weighted by atomic mass is 28.4. The standard InChI is InChI=1S/C21H42O5Si/c1-8-21(22)26-27(23-15-9-12-18(2)3,24-16-10-13-19(4)5)25-17-11-14-20(6)7/h8,18-20H,1,9-17H2,2-7H3. The van der Waals surface area contributed by atoms with Crippen molar-refractivity contribution in [2.24, 2.45) is 17.8 Å². The van der Waals surface area contributed by atoms with Crippen molar-refractivity contribution >= 4 is 15.0 Å². The van der Waals surface area contributed by atoms with Gasteiger partial charge >= 0.3 is 15.0 Å². The van der Waals surface area contributed by atoms with Gasteiger partial charge in [0.25, 0.3) is 0 Å². The molecular weight excluding hydrogens is 360 g/mol. The summed E-state index contributed by atoms with van der Waals surface area (Å²) < 4.78 is 23.4. The van der Waals surface area contributed by atoms with Crippen molar-refractivity contribution < 1.29 is 22.5 Å². The molecule has 0 rings (SSSR count). The van der Waals surface area contributed by atoms with E-state index in [1.54, 1.807) is 0 Å². The summed E-state index contributed by atoms with van der Waals surface area (Å²) in [5, 5.41) is 0. The summed E-state index contributed by atoms with van der Waals surface area (Å²) in [6.07, 6.45) is 6.89. The summed E-state index contributed by atoms with van der Waals surface area (Å²) in [6, 6.07) is 0. The van der Waals surface area contributed by atoms with E-state index in [-0.39, 0.29) is 0 Å². The molecule has 0 aliphatic rings. The molecule has 0 N–H and O–H groups in total. The van der Waals surface area contributed by atoms with E-state index >= 15 is 0 Å². The molecule has 0 saturated heterocycles. The molecule has 0 fully saturated rings. The Morgan fingerprint density at radius 1 is 0.778 bits per heavy atom. The van der Waals surface area contributed by atoms with Crippen LogP contribution in [0.15, 0.2) is 12.7 Å². The van der Waals surface area contributed by atoms with Crippen LogP contribution in [0.2, 0.25) is 0 Å². The van der Waals surface area contributed by atoms with Gasteiger partial charge in [-0.25, -0.2) is 4.79 Å². The van der Waals surface area contributed by atoms with E-state index in [0.717, 1.165) is 44.6 Å². The van der Waals surface area contributed by atoms with Gasteiger partial charge in [0.15, 0.2) is 0 Å². The highest BCUT2D eigenvalue weighted by Crippen LogP contribution is 2.18. The maximum atomic E-state index is 11.9. The minimum Gasteiger partial charge on any atom is -0.449 e. The van der Waals surface area contributed by atoms with Gasteiger partial charge in [0.2, 0.25) is 0 Å². The number of hydrogen-bond donors (Lipinski definition) is 0. The first-order valence-corrected chi connectivity index (χ1v) is 12.1. The van der Waals surface area contributed by atoms with Crippen molar-refractivity contribution in [3.63, 3.8) is 0 Å². The molecule has 0 heterocycles. The van der Waals surface area contributed by atoms with E-state index in [4.69, 9.17) is 17.7 Å². The Balaban J connectivity index is 4.91. The van der Waals surface area contributed by atoms with Gasteiger partial charge in [-0.3, -0.25) is 0 Å². The molecule has 6 heteroatoms. The van der Waals surface area contributed by atoms with Gasteiger partial charge in [-0.05, 0) is 56.3 Å². The first kappa shape index (κ1) is 26.3. The fourth-order valence-electron chi connectivity index (χ4n) is 2.44. The van der Waals surface area contributed by atoms with Crippen molar-refractivity contribution in [2.45, 2.75) is 80.1 Å². The van der Waals surface area contributed by atoms with Gasteiger partial charge in [0.1, 0.15) is 0 Å². The summed E-state index contributed by atoms with van der Waals surface area (Å²) in [7, 11) is -3.52. The molecule has 0 aromatic carbocycles. The Morgan fingerprint density at radius 2 is 1.11 bits per heavy atom. The average Bonchev–Trinajstić information content (AvgIpc) is 2.59. The molecule has 0 spiro atoms. The summed E-state index contributed by atoms with van der Waals surface area (Å²) >= 11 is 0. The molecule has 5 nitrogen and oxygen atoms in total. The number of carbonyl (C=O) groups excluding carboxylic acids is 1. The first-order chi connectivity index (χ1) is 12.7. The van der Waals surface area contributed by atoms with Crippen LogP contribution in [-0.4, -0.2) is 34.8 Å². The van der Waals surface area contributed by atoms with Gasteiger partial charge in [0, 0.05) is 25.9 Å². The molecule has 0 aromatic rings. The molecule has 27 heavy (non-hydrogen) atoms. The number of carbonyl (C=O) groups is 1. The third-order valence-corrected chi connectivity index (χ3v) is 6.13. The Labute approximate surface area is 168 Å². The van der Waals surface area contributed by atoms with Gasteiger partial charge in [-0.15, -0.1) is 0 Å². The Morgan fingerprint density at radius 3 is 1.37 bits per heavy atom. The summed E-state index contributed by atoms with van der Waals surface area (Å²) in [5.74, 6) is 1.23. The third-order valence-electron chi connectivity index (χ3n) is 4.01. The van der Waals surface area contributed by atoms with Crippen LogP contribution in [0.25, 0.3) is 0 Å². The lowest BCUT2D eigenvalue weighted by molar-refractivity contribution is -0.139. The van der Waals surface area contributed by atoms with Crippen LogP contribution in [0, 0.1) is 17.8 Å². The monoisotopic (exact) mass is 402 g/mol. The largest absolute Gasteiger partial charge is 0.751 e. The second-order valence-corrected chi connectivity index (χ2v) is 10.3. The summed E-state index contributed by atoms with van der Waals surface area (Å²) in [4.78, 5) is 11.9. The smallest absolute Gasteiger partial charge is 0.449 e. The third kappa shape index (κ3) is 15.0. The Kier molecular flexibility index (Phi) is 14.9. The zero-order valence-electron chi connectivity index (χ0n) is 18.4.